The van der Waals surface area contributed by atoms with Crippen molar-refractivity contribution in [2.24, 2.45) is 17.8 Å². The van der Waals surface area contributed by atoms with Crippen LogP contribution in [0.2, 0.25) is 0 Å². The molecule has 182 valence electrons. The van der Waals surface area contributed by atoms with E-state index in [4.69, 9.17) is 5.21 Å². The maximum atomic E-state index is 13.8. The molecular formula is C24H30N4O6. The fourth-order valence-corrected chi connectivity index (χ4v) is 7.30. The maximum absolute atomic E-state index is 13.8. The molecule has 4 amide bonds. The first-order valence-corrected chi connectivity index (χ1v) is 12.1. The van der Waals surface area contributed by atoms with Crippen LogP contribution >= 0.6 is 0 Å². The third-order valence-corrected chi connectivity index (χ3v) is 8.31. The Balaban J connectivity index is 1.40. The normalized spacial score (nSPS) is 31.9. The number of amides is 4. The van der Waals surface area contributed by atoms with Crippen molar-refractivity contribution in [2.45, 2.75) is 75.9 Å². The molecule has 1 aliphatic heterocycles. The lowest BCUT2D eigenvalue weighted by atomic mass is 9.52. The van der Waals surface area contributed by atoms with E-state index in [1.54, 1.807) is 27.4 Å². The lowest BCUT2D eigenvalue weighted by Gasteiger charge is -2.58. The van der Waals surface area contributed by atoms with E-state index in [2.05, 4.69) is 0 Å². The summed E-state index contributed by atoms with van der Waals surface area (Å²) in [5.74, 6) is 0.988. The monoisotopic (exact) mass is 470 g/mol. The highest BCUT2D eigenvalue weighted by Gasteiger charge is 2.60. The van der Waals surface area contributed by atoms with Crippen LogP contribution in [-0.2, 0) is 16.1 Å². The van der Waals surface area contributed by atoms with Crippen LogP contribution in [0.25, 0.3) is 0 Å². The molecule has 1 aromatic rings. The van der Waals surface area contributed by atoms with Crippen molar-refractivity contribution in [2.75, 3.05) is 0 Å². The number of imide groups is 1. The second kappa shape index (κ2) is 8.65. The summed E-state index contributed by atoms with van der Waals surface area (Å²) in [5.41, 5.74) is 1.87. The summed E-state index contributed by atoms with van der Waals surface area (Å²) in [6.45, 7) is 0.169. The minimum Gasteiger partial charge on any atom is -0.308 e. The third-order valence-electron chi connectivity index (χ3n) is 8.31. The summed E-state index contributed by atoms with van der Waals surface area (Å²) in [6, 6.07) is 5.03. The third kappa shape index (κ3) is 3.93. The van der Waals surface area contributed by atoms with Crippen molar-refractivity contribution < 1.29 is 24.5 Å². The summed E-state index contributed by atoms with van der Waals surface area (Å²) >= 11 is 0. The summed E-state index contributed by atoms with van der Waals surface area (Å²) in [5, 5.41) is 19.8. The number of nitro benzene ring substituents is 1. The molecule has 1 heterocycles. The molecule has 2 N–H and O–H groups in total. The molecule has 0 spiro atoms. The molecule has 10 heteroatoms. The number of nitro groups is 1. The Morgan fingerprint density at radius 2 is 1.68 bits per heavy atom. The van der Waals surface area contributed by atoms with E-state index < -0.39 is 22.4 Å². The molecule has 5 fully saturated rings. The lowest BCUT2D eigenvalue weighted by molar-refractivity contribution is -0.384. The van der Waals surface area contributed by atoms with E-state index in [0.717, 1.165) is 19.3 Å². The molecule has 4 aliphatic carbocycles. The first-order chi connectivity index (χ1) is 16.3. The second-order valence-corrected chi connectivity index (χ2v) is 10.6. The van der Waals surface area contributed by atoms with Gasteiger partial charge in [0.05, 0.1) is 10.5 Å². The van der Waals surface area contributed by atoms with E-state index >= 15 is 0 Å². The van der Waals surface area contributed by atoms with Gasteiger partial charge in [-0.15, -0.1) is 0 Å². The molecule has 0 aromatic heterocycles. The lowest BCUT2D eigenvalue weighted by Crippen LogP contribution is -2.62. The summed E-state index contributed by atoms with van der Waals surface area (Å²) in [6.07, 6.45) is 6.93. The second-order valence-electron chi connectivity index (χ2n) is 10.6. The number of carbonyl (C=O) groups excluding carboxylic acids is 3. The number of rotatable bonds is 8. The van der Waals surface area contributed by atoms with Gasteiger partial charge >= 0.3 is 6.03 Å². The zero-order valence-electron chi connectivity index (χ0n) is 19.0. The standard InChI is InChI=1S/C24H30N4O6/c29-21(25-32)3-1-2-20-22(30)27(24-11-16-8-17(12-24)10-18(9-16)13-24)23(31)26(20)14-15-4-6-19(7-5-15)28(33)34/h4-7,16-18,20,32H,1-3,8-14H2,(H,25,29). The predicted octanol–water partition coefficient (Wildman–Crippen LogP) is 3.37. The predicted molar refractivity (Wildman–Crippen MR) is 119 cm³/mol. The Labute approximate surface area is 197 Å². The molecule has 4 saturated carbocycles. The molecule has 10 nitrogen and oxygen atoms in total. The number of nitrogens with one attached hydrogen (secondary N) is 1. The fraction of sp³-hybridized carbons (Fsp3) is 0.625. The van der Waals surface area contributed by atoms with Crippen molar-refractivity contribution in [1.82, 2.24) is 15.3 Å². The minimum absolute atomic E-state index is 0.0330. The highest BCUT2D eigenvalue weighted by Crippen LogP contribution is 2.58. The van der Waals surface area contributed by atoms with Gasteiger partial charge in [-0.05, 0) is 74.7 Å². The van der Waals surface area contributed by atoms with Gasteiger partial charge in [0, 0.05) is 25.1 Å². The van der Waals surface area contributed by atoms with E-state index in [1.165, 1.54) is 31.4 Å². The van der Waals surface area contributed by atoms with E-state index in [9.17, 15) is 24.5 Å². The van der Waals surface area contributed by atoms with Gasteiger partial charge in [0.2, 0.25) is 5.91 Å². The zero-order valence-corrected chi connectivity index (χ0v) is 19.0. The molecule has 4 bridgehead atoms. The van der Waals surface area contributed by atoms with Gasteiger partial charge < -0.3 is 4.90 Å². The van der Waals surface area contributed by atoms with Crippen LogP contribution in [0.5, 0.6) is 0 Å². The van der Waals surface area contributed by atoms with Gasteiger partial charge in [-0.3, -0.25) is 29.8 Å². The van der Waals surface area contributed by atoms with E-state index in [-0.39, 0.29) is 30.6 Å². The van der Waals surface area contributed by atoms with E-state index in [1.807, 2.05) is 0 Å². The van der Waals surface area contributed by atoms with Crippen molar-refractivity contribution in [3.63, 3.8) is 0 Å². The molecular weight excluding hydrogens is 440 g/mol. The van der Waals surface area contributed by atoms with Gasteiger partial charge in [-0.2, -0.15) is 0 Å². The highest BCUT2D eigenvalue weighted by atomic mass is 16.6. The van der Waals surface area contributed by atoms with Gasteiger partial charge in [0.15, 0.2) is 0 Å². The summed E-state index contributed by atoms with van der Waals surface area (Å²) in [7, 11) is 0. The molecule has 1 atom stereocenters. The zero-order chi connectivity index (χ0) is 24.0. The molecule has 1 aromatic carbocycles. The van der Waals surface area contributed by atoms with E-state index in [0.29, 0.717) is 36.2 Å². The average Bonchev–Trinajstić information content (AvgIpc) is 3.02. The Kier molecular flexibility index (Phi) is 5.79. The van der Waals surface area contributed by atoms with Crippen LogP contribution in [0.1, 0.15) is 63.4 Å². The summed E-state index contributed by atoms with van der Waals surface area (Å²) in [4.78, 5) is 52.7. The van der Waals surface area contributed by atoms with Crippen LogP contribution in [0.4, 0.5) is 10.5 Å². The van der Waals surface area contributed by atoms with Crippen molar-refractivity contribution in [1.29, 1.82) is 0 Å². The Bertz CT molecular complexity index is 974. The number of hydrogen-bond acceptors (Lipinski definition) is 6. The molecule has 5 aliphatic rings. The first-order valence-electron chi connectivity index (χ1n) is 12.1. The first kappa shape index (κ1) is 22.8. The maximum Gasteiger partial charge on any atom is 0.328 e. The summed E-state index contributed by atoms with van der Waals surface area (Å²) < 4.78 is 0. The van der Waals surface area contributed by atoms with Gasteiger partial charge in [-0.25, -0.2) is 10.3 Å². The number of carbonyl (C=O) groups is 3. The Hall–Kier alpha value is -3.01. The van der Waals surface area contributed by atoms with Crippen LogP contribution in [-0.4, -0.2) is 49.4 Å². The highest BCUT2D eigenvalue weighted by molar-refractivity contribution is 6.05. The van der Waals surface area contributed by atoms with Gasteiger partial charge in [0.25, 0.3) is 11.6 Å². The topological polar surface area (TPSA) is 133 Å². The van der Waals surface area contributed by atoms with Crippen molar-refractivity contribution >= 4 is 23.5 Å². The molecule has 1 unspecified atom stereocenters. The van der Waals surface area contributed by atoms with Crippen molar-refractivity contribution in [3.05, 3.63) is 39.9 Å². The quantitative estimate of drug-likeness (QED) is 0.259. The van der Waals surface area contributed by atoms with Crippen LogP contribution in [0.15, 0.2) is 24.3 Å². The molecule has 34 heavy (non-hydrogen) atoms. The molecule has 0 radical (unpaired) electrons. The van der Waals surface area contributed by atoms with Crippen LogP contribution < -0.4 is 5.48 Å². The Morgan fingerprint density at radius 1 is 1.09 bits per heavy atom. The van der Waals surface area contributed by atoms with Crippen LogP contribution in [0.3, 0.4) is 0 Å². The van der Waals surface area contributed by atoms with Gasteiger partial charge in [0.1, 0.15) is 6.04 Å². The fourth-order valence-electron chi connectivity index (χ4n) is 7.30. The van der Waals surface area contributed by atoms with Gasteiger partial charge in [-0.1, -0.05) is 12.1 Å². The average molecular weight is 471 g/mol. The number of urea groups is 1. The molecule has 6 rings (SSSR count). The van der Waals surface area contributed by atoms with Crippen molar-refractivity contribution in [3.8, 4) is 0 Å². The SMILES string of the molecule is O=C(CCCC1C(=O)N(C23CC4CC(CC(C4)C2)C3)C(=O)N1Cc1ccc([N+](=O)[O-])cc1)NO. The minimum atomic E-state index is -0.692. The number of hydroxylamine groups is 1. The largest absolute Gasteiger partial charge is 0.328 e. The smallest absolute Gasteiger partial charge is 0.308 e. The number of non-ortho nitro benzene ring substituents is 1. The molecule has 1 saturated heterocycles. The Morgan fingerprint density at radius 3 is 2.21 bits per heavy atom. The van der Waals surface area contributed by atoms with Crippen LogP contribution in [0, 0.1) is 27.9 Å². The number of hydrogen-bond donors (Lipinski definition) is 2. The number of benzene rings is 1. The number of nitrogens with zero attached hydrogens (tertiary/aromatic N) is 3.